The SMILES string of the molecule is CCCC1(C(=O)O)CCN(C(=O)CC(C)(C)OC)CC1. The molecule has 1 fully saturated rings. The van der Waals surface area contributed by atoms with Crippen molar-refractivity contribution in [3.8, 4) is 0 Å². The predicted octanol–water partition coefficient (Wildman–Crippen LogP) is 2.30. The summed E-state index contributed by atoms with van der Waals surface area (Å²) in [5.74, 6) is -0.670. The number of likely N-dealkylation sites (tertiary alicyclic amines) is 1. The summed E-state index contributed by atoms with van der Waals surface area (Å²) in [7, 11) is 1.60. The van der Waals surface area contributed by atoms with E-state index in [2.05, 4.69) is 0 Å². The number of nitrogens with zero attached hydrogens (tertiary/aromatic N) is 1. The number of carboxylic acid groups (broad SMARTS) is 1. The fourth-order valence-electron chi connectivity index (χ4n) is 2.78. The zero-order valence-corrected chi connectivity index (χ0v) is 13.1. The average Bonchev–Trinajstić information content (AvgIpc) is 2.39. The molecule has 1 N–H and O–H groups in total. The summed E-state index contributed by atoms with van der Waals surface area (Å²) in [6, 6.07) is 0. The first-order valence-corrected chi connectivity index (χ1v) is 7.33. The lowest BCUT2D eigenvalue weighted by Gasteiger charge is -2.39. The molecular formula is C15H27NO4. The lowest BCUT2D eigenvalue weighted by molar-refractivity contribution is -0.156. The number of hydrogen-bond acceptors (Lipinski definition) is 3. The zero-order valence-electron chi connectivity index (χ0n) is 13.1. The molecule has 0 bridgehead atoms. The molecule has 0 aromatic rings. The van der Waals surface area contributed by atoms with Crippen molar-refractivity contribution in [1.82, 2.24) is 4.90 Å². The Labute approximate surface area is 121 Å². The summed E-state index contributed by atoms with van der Waals surface area (Å²) in [5.41, 5.74) is -1.11. The van der Waals surface area contributed by atoms with Gasteiger partial charge in [0.05, 0.1) is 17.4 Å². The van der Waals surface area contributed by atoms with E-state index in [1.807, 2.05) is 20.8 Å². The lowest BCUT2D eigenvalue weighted by Crippen LogP contribution is -2.47. The minimum absolute atomic E-state index is 0.0485. The third kappa shape index (κ3) is 3.95. The number of carbonyl (C=O) groups excluding carboxylic acids is 1. The summed E-state index contributed by atoms with van der Waals surface area (Å²) < 4.78 is 5.28. The molecule has 20 heavy (non-hydrogen) atoms. The normalized spacial score (nSPS) is 18.9. The number of methoxy groups -OCH3 is 1. The van der Waals surface area contributed by atoms with Gasteiger partial charge in [-0.2, -0.15) is 0 Å². The van der Waals surface area contributed by atoms with Gasteiger partial charge in [0.1, 0.15) is 0 Å². The van der Waals surface area contributed by atoms with Crippen molar-refractivity contribution >= 4 is 11.9 Å². The predicted molar refractivity (Wildman–Crippen MR) is 76.5 cm³/mol. The fourth-order valence-corrected chi connectivity index (χ4v) is 2.78. The number of hydrogen-bond donors (Lipinski definition) is 1. The molecule has 1 saturated heterocycles. The van der Waals surface area contributed by atoms with Gasteiger partial charge in [-0.1, -0.05) is 13.3 Å². The smallest absolute Gasteiger partial charge is 0.309 e. The van der Waals surface area contributed by atoms with Gasteiger partial charge < -0.3 is 14.7 Å². The van der Waals surface area contributed by atoms with Crippen molar-refractivity contribution in [2.45, 2.75) is 58.5 Å². The number of aliphatic carboxylic acids is 1. The first kappa shape index (κ1) is 17.0. The Morgan fingerprint density at radius 2 is 1.85 bits per heavy atom. The highest BCUT2D eigenvalue weighted by Crippen LogP contribution is 2.36. The standard InChI is InChI=1S/C15H27NO4/c1-5-6-15(13(18)19)7-9-16(10-8-15)12(17)11-14(2,3)20-4/h5-11H2,1-4H3,(H,18,19). The minimum Gasteiger partial charge on any atom is -0.481 e. The van der Waals surface area contributed by atoms with E-state index < -0.39 is 17.0 Å². The molecule has 0 aromatic carbocycles. The van der Waals surface area contributed by atoms with Crippen LogP contribution in [0.2, 0.25) is 0 Å². The van der Waals surface area contributed by atoms with Gasteiger partial charge in [-0.05, 0) is 33.1 Å². The largest absolute Gasteiger partial charge is 0.481 e. The monoisotopic (exact) mass is 285 g/mol. The third-order valence-corrected chi connectivity index (χ3v) is 4.39. The van der Waals surface area contributed by atoms with Crippen molar-refractivity contribution in [2.24, 2.45) is 5.41 Å². The Morgan fingerprint density at radius 3 is 2.25 bits per heavy atom. The Morgan fingerprint density at radius 1 is 1.30 bits per heavy atom. The molecule has 0 spiro atoms. The van der Waals surface area contributed by atoms with Crippen LogP contribution in [-0.4, -0.2) is 47.7 Å². The lowest BCUT2D eigenvalue weighted by atomic mass is 9.75. The van der Waals surface area contributed by atoms with E-state index in [1.54, 1.807) is 12.0 Å². The molecule has 0 radical (unpaired) electrons. The van der Waals surface area contributed by atoms with Gasteiger partial charge in [0.25, 0.3) is 0 Å². The number of piperidine rings is 1. The summed E-state index contributed by atoms with van der Waals surface area (Å²) >= 11 is 0. The van der Waals surface area contributed by atoms with Crippen LogP contribution in [0.1, 0.15) is 52.9 Å². The molecule has 0 unspecified atom stereocenters. The van der Waals surface area contributed by atoms with Crippen LogP contribution in [0, 0.1) is 5.41 Å². The molecule has 0 saturated carbocycles. The maximum absolute atomic E-state index is 12.2. The van der Waals surface area contributed by atoms with Gasteiger partial charge in [-0.25, -0.2) is 0 Å². The van der Waals surface area contributed by atoms with Crippen LogP contribution in [0.3, 0.4) is 0 Å². The van der Waals surface area contributed by atoms with Crippen molar-refractivity contribution in [3.63, 3.8) is 0 Å². The molecule has 1 rings (SSSR count). The molecule has 1 aliphatic heterocycles. The van der Waals surface area contributed by atoms with Crippen molar-refractivity contribution in [2.75, 3.05) is 20.2 Å². The van der Waals surface area contributed by atoms with E-state index in [-0.39, 0.29) is 5.91 Å². The van der Waals surface area contributed by atoms with Crippen LogP contribution >= 0.6 is 0 Å². The molecule has 1 amide bonds. The maximum atomic E-state index is 12.2. The van der Waals surface area contributed by atoms with Gasteiger partial charge in [-0.3, -0.25) is 9.59 Å². The summed E-state index contributed by atoms with van der Waals surface area (Å²) in [6.07, 6.45) is 2.98. The molecule has 0 aliphatic carbocycles. The highest BCUT2D eigenvalue weighted by molar-refractivity contribution is 5.79. The quantitative estimate of drug-likeness (QED) is 0.813. The topological polar surface area (TPSA) is 66.8 Å². The van der Waals surface area contributed by atoms with E-state index in [0.29, 0.717) is 38.8 Å². The van der Waals surface area contributed by atoms with Gasteiger partial charge in [0.2, 0.25) is 5.91 Å². The number of carboxylic acids is 1. The molecule has 5 heteroatoms. The van der Waals surface area contributed by atoms with Gasteiger partial charge in [0.15, 0.2) is 0 Å². The van der Waals surface area contributed by atoms with Crippen LogP contribution in [0.15, 0.2) is 0 Å². The number of rotatable bonds is 6. The first-order chi connectivity index (χ1) is 9.26. The van der Waals surface area contributed by atoms with Crippen LogP contribution in [0.5, 0.6) is 0 Å². The van der Waals surface area contributed by atoms with E-state index in [0.717, 1.165) is 6.42 Å². The van der Waals surface area contributed by atoms with E-state index >= 15 is 0 Å². The highest BCUT2D eigenvalue weighted by Gasteiger charge is 2.41. The highest BCUT2D eigenvalue weighted by atomic mass is 16.5. The minimum atomic E-state index is -0.719. The molecule has 1 aliphatic rings. The van der Waals surface area contributed by atoms with Crippen molar-refractivity contribution in [3.05, 3.63) is 0 Å². The molecular weight excluding hydrogens is 258 g/mol. The second kappa shape index (κ2) is 6.57. The van der Waals surface area contributed by atoms with Crippen LogP contribution < -0.4 is 0 Å². The van der Waals surface area contributed by atoms with Crippen molar-refractivity contribution in [1.29, 1.82) is 0 Å². The summed E-state index contributed by atoms with van der Waals surface area (Å²) in [6.45, 7) is 6.83. The molecule has 116 valence electrons. The number of ether oxygens (including phenoxy) is 1. The molecule has 5 nitrogen and oxygen atoms in total. The van der Waals surface area contributed by atoms with Gasteiger partial charge in [-0.15, -0.1) is 0 Å². The molecule has 1 heterocycles. The van der Waals surface area contributed by atoms with Gasteiger partial charge >= 0.3 is 5.97 Å². The van der Waals surface area contributed by atoms with Crippen LogP contribution in [0.25, 0.3) is 0 Å². The second-order valence-corrected chi connectivity index (χ2v) is 6.36. The Balaban J connectivity index is 2.61. The fraction of sp³-hybridized carbons (Fsp3) is 0.867. The van der Waals surface area contributed by atoms with E-state index in [4.69, 9.17) is 4.74 Å². The Hall–Kier alpha value is -1.10. The van der Waals surface area contributed by atoms with Crippen LogP contribution in [0.4, 0.5) is 0 Å². The summed E-state index contributed by atoms with van der Waals surface area (Å²) in [5, 5.41) is 9.45. The number of carbonyl (C=O) groups is 2. The maximum Gasteiger partial charge on any atom is 0.309 e. The Kier molecular flexibility index (Phi) is 5.57. The van der Waals surface area contributed by atoms with E-state index in [9.17, 15) is 14.7 Å². The molecule has 0 atom stereocenters. The Bertz CT molecular complexity index is 357. The zero-order chi connectivity index (χ0) is 15.4. The van der Waals surface area contributed by atoms with Crippen molar-refractivity contribution < 1.29 is 19.4 Å². The molecule has 0 aromatic heterocycles. The van der Waals surface area contributed by atoms with E-state index in [1.165, 1.54) is 0 Å². The number of amides is 1. The average molecular weight is 285 g/mol. The first-order valence-electron chi connectivity index (χ1n) is 7.33. The van der Waals surface area contributed by atoms with Gasteiger partial charge in [0, 0.05) is 20.2 Å². The summed E-state index contributed by atoms with van der Waals surface area (Å²) in [4.78, 5) is 25.5. The van der Waals surface area contributed by atoms with Crippen LogP contribution in [-0.2, 0) is 14.3 Å². The third-order valence-electron chi connectivity index (χ3n) is 4.39. The second-order valence-electron chi connectivity index (χ2n) is 6.36.